The Bertz CT molecular complexity index is 857. The van der Waals surface area contributed by atoms with Crippen molar-refractivity contribution in [2.24, 2.45) is 7.05 Å². The van der Waals surface area contributed by atoms with Crippen molar-refractivity contribution in [3.05, 3.63) is 66.4 Å². The third kappa shape index (κ3) is 3.77. The number of aromatic nitrogens is 2. The number of methoxy groups -OCH3 is 1. The summed E-state index contributed by atoms with van der Waals surface area (Å²) in [4.78, 5) is 17.1. The minimum absolute atomic E-state index is 0.0805. The van der Waals surface area contributed by atoms with E-state index in [1.807, 2.05) is 42.9 Å². The third-order valence-corrected chi connectivity index (χ3v) is 5.20. The van der Waals surface area contributed by atoms with Crippen molar-refractivity contribution >= 4 is 17.5 Å². The van der Waals surface area contributed by atoms with Crippen LogP contribution in [0.5, 0.6) is 5.75 Å². The zero-order chi connectivity index (χ0) is 17.8. The van der Waals surface area contributed by atoms with Gasteiger partial charge >= 0.3 is 0 Å². The summed E-state index contributed by atoms with van der Waals surface area (Å²) in [5.41, 5.74) is 2.82. The molecule has 1 heterocycles. The lowest BCUT2D eigenvalue weighted by atomic mass is 10.1. The molecule has 4 nitrogen and oxygen atoms in total. The van der Waals surface area contributed by atoms with Gasteiger partial charge in [0.2, 0.25) is 0 Å². The first kappa shape index (κ1) is 17.3. The van der Waals surface area contributed by atoms with E-state index < -0.39 is 0 Å². The van der Waals surface area contributed by atoms with Gasteiger partial charge < -0.3 is 9.30 Å². The number of carbonyl (C=O) groups is 1. The number of carbonyl (C=O) groups excluding carboxylic acids is 1. The maximum absolute atomic E-state index is 12.6. The molecule has 0 aliphatic rings. The molecule has 3 rings (SSSR count). The van der Waals surface area contributed by atoms with E-state index in [9.17, 15) is 4.79 Å². The van der Waals surface area contributed by atoms with Gasteiger partial charge in [0, 0.05) is 12.6 Å². The van der Waals surface area contributed by atoms with Crippen molar-refractivity contribution in [2.75, 3.05) is 7.11 Å². The van der Waals surface area contributed by atoms with Crippen LogP contribution in [0.4, 0.5) is 0 Å². The third-order valence-electron chi connectivity index (χ3n) is 4.04. The Kier molecular flexibility index (Phi) is 5.24. The molecule has 0 unspecified atom stereocenters. The lowest BCUT2D eigenvalue weighted by Gasteiger charge is -2.11. The highest BCUT2D eigenvalue weighted by molar-refractivity contribution is 8.00. The Hall–Kier alpha value is -2.53. The van der Waals surface area contributed by atoms with E-state index in [0.717, 1.165) is 22.2 Å². The molecule has 1 atom stereocenters. The first-order valence-electron chi connectivity index (χ1n) is 8.02. The predicted octanol–water partition coefficient (Wildman–Crippen LogP) is 4.46. The van der Waals surface area contributed by atoms with Crippen molar-refractivity contribution in [1.82, 2.24) is 9.55 Å². The van der Waals surface area contributed by atoms with E-state index in [1.54, 1.807) is 31.4 Å². The van der Waals surface area contributed by atoms with Crippen LogP contribution < -0.4 is 4.74 Å². The van der Waals surface area contributed by atoms with Crippen molar-refractivity contribution < 1.29 is 9.53 Å². The van der Waals surface area contributed by atoms with Crippen LogP contribution in [0.15, 0.2) is 66.0 Å². The van der Waals surface area contributed by atoms with E-state index in [4.69, 9.17) is 4.74 Å². The van der Waals surface area contributed by atoms with Gasteiger partial charge in [-0.1, -0.05) is 42.1 Å². The van der Waals surface area contributed by atoms with Crippen LogP contribution in [-0.4, -0.2) is 27.7 Å². The SMILES string of the molecule is COc1ccc(C(=O)[C@H](C)Sc2ncc(-c3ccccc3)n2C)cc1. The Balaban J connectivity index is 1.75. The van der Waals surface area contributed by atoms with Crippen molar-refractivity contribution in [2.45, 2.75) is 17.3 Å². The summed E-state index contributed by atoms with van der Waals surface area (Å²) in [5.74, 6) is 0.824. The summed E-state index contributed by atoms with van der Waals surface area (Å²) < 4.78 is 7.16. The molecule has 0 radical (unpaired) electrons. The summed E-state index contributed by atoms with van der Waals surface area (Å²) in [7, 11) is 3.59. The Morgan fingerprint density at radius 2 is 1.80 bits per heavy atom. The minimum Gasteiger partial charge on any atom is -0.497 e. The fourth-order valence-corrected chi connectivity index (χ4v) is 3.51. The molecule has 128 valence electrons. The highest BCUT2D eigenvalue weighted by atomic mass is 32.2. The Morgan fingerprint density at radius 1 is 1.12 bits per heavy atom. The quantitative estimate of drug-likeness (QED) is 0.485. The number of ether oxygens (including phenoxy) is 1. The molecule has 5 heteroatoms. The van der Waals surface area contributed by atoms with Crippen LogP contribution in [0.25, 0.3) is 11.3 Å². The van der Waals surface area contributed by atoms with Gasteiger partial charge in [-0.05, 0) is 36.8 Å². The highest BCUT2D eigenvalue weighted by Crippen LogP contribution is 2.29. The number of Topliss-reactive ketones (excluding diaryl/α,β-unsaturated/α-hetero) is 1. The second-order valence-corrected chi connectivity index (χ2v) is 7.01. The summed E-state index contributed by atoms with van der Waals surface area (Å²) in [5, 5.41) is 0.603. The average Bonchev–Trinajstić information content (AvgIpc) is 3.02. The van der Waals surface area contributed by atoms with Crippen LogP contribution in [0.2, 0.25) is 0 Å². The largest absolute Gasteiger partial charge is 0.497 e. The average molecular weight is 352 g/mol. The smallest absolute Gasteiger partial charge is 0.175 e. The molecule has 2 aromatic carbocycles. The zero-order valence-electron chi connectivity index (χ0n) is 14.5. The van der Waals surface area contributed by atoms with Gasteiger partial charge in [0.05, 0.1) is 24.3 Å². The molecular formula is C20H20N2O2S. The highest BCUT2D eigenvalue weighted by Gasteiger charge is 2.19. The number of imidazole rings is 1. The predicted molar refractivity (Wildman–Crippen MR) is 101 cm³/mol. The zero-order valence-corrected chi connectivity index (χ0v) is 15.3. The fraction of sp³-hybridized carbons (Fsp3) is 0.200. The van der Waals surface area contributed by atoms with Gasteiger partial charge in [0.1, 0.15) is 5.75 Å². The summed E-state index contributed by atoms with van der Waals surface area (Å²) >= 11 is 1.47. The monoisotopic (exact) mass is 352 g/mol. The number of hydrogen-bond acceptors (Lipinski definition) is 4. The van der Waals surface area contributed by atoms with Gasteiger partial charge in [-0.25, -0.2) is 4.98 Å². The molecular weight excluding hydrogens is 332 g/mol. The van der Waals surface area contributed by atoms with E-state index in [-0.39, 0.29) is 11.0 Å². The van der Waals surface area contributed by atoms with Gasteiger partial charge in [-0.2, -0.15) is 0 Å². The number of hydrogen-bond donors (Lipinski definition) is 0. The van der Waals surface area contributed by atoms with Crippen LogP contribution in [0, 0.1) is 0 Å². The molecule has 1 aromatic heterocycles. The molecule has 25 heavy (non-hydrogen) atoms. The number of rotatable bonds is 6. The van der Waals surface area contributed by atoms with E-state index in [1.165, 1.54) is 11.8 Å². The number of benzene rings is 2. The Labute approximate surface area is 151 Å². The molecule has 0 saturated carbocycles. The van der Waals surface area contributed by atoms with Crippen molar-refractivity contribution in [3.63, 3.8) is 0 Å². The van der Waals surface area contributed by atoms with Gasteiger partial charge in [-0.15, -0.1) is 0 Å². The second kappa shape index (κ2) is 7.57. The topological polar surface area (TPSA) is 44.1 Å². The number of ketones is 1. The standard InChI is InChI=1S/C20H20N2O2S/c1-14(19(23)16-9-11-17(24-3)12-10-16)25-20-21-13-18(22(20)2)15-7-5-4-6-8-15/h4-14H,1-3H3/t14-/m0/s1. The van der Waals surface area contributed by atoms with Gasteiger partial charge in [-0.3, -0.25) is 4.79 Å². The maximum atomic E-state index is 12.6. The molecule has 0 bridgehead atoms. The van der Waals surface area contributed by atoms with E-state index in [0.29, 0.717) is 5.56 Å². The van der Waals surface area contributed by atoms with Crippen molar-refractivity contribution in [1.29, 1.82) is 0 Å². The number of nitrogens with zero attached hydrogens (tertiary/aromatic N) is 2. The fourth-order valence-electron chi connectivity index (χ4n) is 2.58. The van der Waals surface area contributed by atoms with Crippen molar-refractivity contribution in [3.8, 4) is 17.0 Å². The molecule has 0 spiro atoms. The lowest BCUT2D eigenvalue weighted by Crippen LogP contribution is -2.14. The Morgan fingerprint density at radius 3 is 2.44 bits per heavy atom. The van der Waals surface area contributed by atoms with Gasteiger partial charge in [0.15, 0.2) is 10.9 Å². The van der Waals surface area contributed by atoms with Gasteiger partial charge in [0.25, 0.3) is 0 Å². The molecule has 0 fully saturated rings. The van der Waals surface area contributed by atoms with Crippen LogP contribution >= 0.6 is 11.8 Å². The first-order chi connectivity index (χ1) is 12.1. The summed E-state index contributed by atoms with van der Waals surface area (Å²) in [6.07, 6.45) is 1.85. The van der Waals surface area contributed by atoms with E-state index >= 15 is 0 Å². The van der Waals surface area contributed by atoms with Crippen LogP contribution in [-0.2, 0) is 7.05 Å². The minimum atomic E-state index is -0.224. The maximum Gasteiger partial charge on any atom is 0.175 e. The molecule has 3 aromatic rings. The molecule has 0 aliphatic heterocycles. The molecule has 0 N–H and O–H groups in total. The van der Waals surface area contributed by atoms with Crippen LogP contribution in [0.1, 0.15) is 17.3 Å². The molecule has 0 amide bonds. The number of thioether (sulfide) groups is 1. The van der Waals surface area contributed by atoms with Crippen LogP contribution in [0.3, 0.4) is 0 Å². The van der Waals surface area contributed by atoms with E-state index in [2.05, 4.69) is 17.1 Å². The second-order valence-electron chi connectivity index (χ2n) is 5.70. The summed E-state index contributed by atoms with van der Waals surface area (Å²) in [6, 6.07) is 17.3. The first-order valence-corrected chi connectivity index (χ1v) is 8.90. The molecule has 0 aliphatic carbocycles. The molecule has 0 saturated heterocycles. The summed E-state index contributed by atoms with van der Waals surface area (Å²) in [6.45, 7) is 1.91. The lowest BCUT2D eigenvalue weighted by molar-refractivity contribution is 0.0994. The normalized spacial score (nSPS) is 12.0.